The fourth-order valence-corrected chi connectivity index (χ4v) is 3.73. The normalized spacial score (nSPS) is 22.6. The highest BCUT2D eigenvalue weighted by atomic mass is 16.6. The van der Waals surface area contributed by atoms with Gasteiger partial charge >= 0.3 is 5.97 Å². The van der Waals surface area contributed by atoms with Gasteiger partial charge < -0.3 is 24.8 Å². The lowest BCUT2D eigenvalue weighted by molar-refractivity contribution is -0.145. The molecule has 1 fully saturated rings. The summed E-state index contributed by atoms with van der Waals surface area (Å²) in [5, 5.41) is 28.9. The van der Waals surface area contributed by atoms with Crippen molar-refractivity contribution in [1.82, 2.24) is 0 Å². The van der Waals surface area contributed by atoms with E-state index in [4.69, 9.17) is 9.47 Å². The molecule has 0 radical (unpaired) electrons. The molecule has 1 heterocycles. The minimum atomic E-state index is -1.16. The molecule has 1 saturated heterocycles. The highest BCUT2D eigenvalue weighted by molar-refractivity contribution is 5.81. The van der Waals surface area contributed by atoms with Crippen molar-refractivity contribution >= 4 is 5.97 Å². The van der Waals surface area contributed by atoms with Crippen LogP contribution in [-0.4, -0.2) is 58.9 Å². The summed E-state index contributed by atoms with van der Waals surface area (Å²) in [6, 6.07) is 0. The molecule has 0 aromatic heterocycles. The van der Waals surface area contributed by atoms with Crippen molar-refractivity contribution in [1.29, 1.82) is 0 Å². The Morgan fingerprint density at radius 1 is 0.967 bits per heavy atom. The summed E-state index contributed by atoms with van der Waals surface area (Å²) >= 11 is 0. The van der Waals surface area contributed by atoms with Gasteiger partial charge in [0.25, 0.3) is 0 Å². The fraction of sp³-hybridized carbons (Fsp3) is 0.875. The average Bonchev–Trinajstić information content (AvgIpc) is 3.07. The van der Waals surface area contributed by atoms with Gasteiger partial charge in [0.15, 0.2) is 0 Å². The second-order valence-corrected chi connectivity index (χ2v) is 8.49. The van der Waals surface area contributed by atoms with Gasteiger partial charge in [-0.05, 0) is 12.8 Å². The van der Waals surface area contributed by atoms with E-state index in [9.17, 15) is 20.1 Å². The van der Waals surface area contributed by atoms with Crippen LogP contribution < -0.4 is 0 Å². The smallest absolute Gasteiger partial charge is 0.330 e. The van der Waals surface area contributed by atoms with Crippen molar-refractivity contribution in [2.75, 3.05) is 13.2 Å². The van der Waals surface area contributed by atoms with Crippen LogP contribution in [0.15, 0.2) is 12.2 Å². The lowest BCUT2D eigenvalue weighted by Gasteiger charge is -2.20. The summed E-state index contributed by atoms with van der Waals surface area (Å²) in [5.41, 5.74) is 0. The number of hydrogen-bond acceptors (Lipinski definition) is 6. The summed E-state index contributed by atoms with van der Waals surface area (Å²) < 4.78 is 10.1. The minimum Gasteiger partial charge on any atom is -0.460 e. The van der Waals surface area contributed by atoms with E-state index in [1.165, 1.54) is 83.1 Å². The number of rotatable bonds is 18. The van der Waals surface area contributed by atoms with Gasteiger partial charge in [-0.25, -0.2) is 4.79 Å². The van der Waals surface area contributed by atoms with Gasteiger partial charge in [-0.2, -0.15) is 0 Å². The first-order valence-corrected chi connectivity index (χ1v) is 12.0. The average molecular weight is 429 g/mol. The monoisotopic (exact) mass is 428 g/mol. The van der Waals surface area contributed by atoms with E-state index < -0.39 is 30.4 Å². The molecule has 0 aromatic rings. The summed E-state index contributed by atoms with van der Waals surface area (Å²) in [6.07, 6.45) is 16.9. The third-order valence-electron chi connectivity index (χ3n) is 5.69. The molecule has 0 spiro atoms. The van der Waals surface area contributed by atoms with Gasteiger partial charge in [-0.1, -0.05) is 90.0 Å². The zero-order valence-electron chi connectivity index (χ0n) is 18.8. The Morgan fingerprint density at radius 2 is 1.50 bits per heavy atom. The van der Waals surface area contributed by atoms with Crippen molar-refractivity contribution in [3.63, 3.8) is 0 Å². The lowest BCUT2D eigenvalue weighted by Crippen LogP contribution is -2.41. The Bertz CT molecular complexity index is 453. The lowest BCUT2D eigenvalue weighted by atomic mass is 10.0. The van der Waals surface area contributed by atoms with Crippen LogP contribution in [0.5, 0.6) is 0 Å². The van der Waals surface area contributed by atoms with Crippen molar-refractivity contribution in [2.45, 2.75) is 121 Å². The second-order valence-electron chi connectivity index (χ2n) is 8.49. The number of ether oxygens (including phenoxy) is 2. The first kappa shape index (κ1) is 27.1. The maximum absolute atomic E-state index is 11.7. The van der Waals surface area contributed by atoms with Crippen LogP contribution >= 0.6 is 0 Å². The highest BCUT2D eigenvalue weighted by Gasteiger charge is 2.39. The molecule has 6 heteroatoms. The van der Waals surface area contributed by atoms with E-state index in [1.807, 2.05) is 0 Å². The quantitative estimate of drug-likeness (QED) is 0.173. The number of aliphatic hydroxyl groups excluding tert-OH is 3. The van der Waals surface area contributed by atoms with Crippen LogP contribution in [0, 0.1) is 0 Å². The number of esters is 1. The van der Waals surface area contributed by atoms with Gasteiger partial charge in [0, 0.05) is 6.08 Å². The molecule has 4 atom stereocenters. The van der Waals surface area contributed by atoms with Crippen molar-refractivity contribution in [3.8, 4) is 0 Å². The Labute approximate surface area is 182 Å². The van der Waals surface area contributed by atoms with Gasteiger partial charge in [-0.15, -0.1) is 0 Å². The SMILES string of the molecule is CCCCCCCCCCCCCCCC=CC(=O)OCC(O)[C@H]1OC[C@H](O)[C@H]1O. The molecular weight excluding hydrogens is 384 g/mol. The maximum Gasteiger partial charge on any atom is 0.330 e. The zero-order valence-corrected chi connectivity index (χ0v) is 18.8. The molecular formula is C24H44O6. The Morgan fingerprint density at radius 3 is 2.00 bits per heavy atom. The summed E-state index contributed by atoms with van der Waals surface area (Å²) in [4.78, 5) is 11.7. The Hall–Kier alpha value is -0.950. The molecule has 176 valence electrons. The maximum atomic E-state index is 11.7. The van der Waals surface area contributed by atoms with E-state index in [-0.39, 0.29) is 13.2 Å². The third kappa shape index (κ3) is 12.7. The summed E-state index contributed by atoms with van der Waals surface area (Å²) in [5.74, 6) is -0.517. The molecule has 1 rings (SSSR count). The number of unbranched alkanes of at least 4 members (excludes halogenated alkanes) is 13. The number of hydrogen-bond donors (Lipinski definition) is 3. The van der Waals surface area contributed by atoms with Gasteiger partial charge in [-0.3, -0.25) is 0 Å². The third-order valence-corrected chi connectivity index (χ3v) is 5.69. The zero-order chi connectivity index (χ0) is 22.0. The van der Waals surface area contributed by atoms with E-state index >= 15 is 0 Å². The van der Waals surface area contributed by atoms with E-state index in [0.717, 1.165) is 12.8 Å². The number of carbonyl (C=O) groups is 1. The van der Waals surface area contributed by atoms with Crippen molar-refractivity contribution < 1.29 is 29.6 Å². The predicted molar refractivity (Wildman–Crippen MR) is 118 cm³/mol. The molecule has 30 heavy (non-hydrogen) atoms. The number of carbonyl (C=O) groups excluding carboxylic acids is 1. The van der Waals surface area contributed by atoms with Crippen molar-refractivity contribution in [3.05, 3.63) is 12.2 Å². The first-order chi connectivity index (χ1) is 14.6. The summed E-state index contributed by atoms with van der Waals surface area (Å²) in [6.45, 7) is 1.96. The minimum absolute atomic E-state index is 0.0319. The van der Waals surface area contributed by atoms with Gasteiger partial charge in [0.05, 0.1) is 6.61 Å². The van der Waals surface area contributed by atoms with Gasteiger partial charge in [0.2, 0.25) is 0 Å². The van der Waals surface area contributed by atoms with Crippen LogP contribution in [0.25, 0.3) is 0 Å². The fourth-order valence-electron chi connectivity index (χ4n) is 3.73. The predicted octanol–water partition coefficient (Wildman–Crippen LogP) is 4.05. The van der Waals surface area contributed by atoms with E-state index in [2.05, 4.69) is 6.92 Å². The Kier molecular flexibility index (Phi) is 16.0. The van der Waals surface area contributed by atoms with Crippen LogP contribution in [0.2, 0.25) is 0 Å². The van der Waals surface area contributed by atoms with Crippen LogP contribution in [-0.2, 0) is 14.3 Å². The molecule has 0 bridgehead atoms. The van der Waals surface area contributed by atoms with E-state index in [1.54, 1.807) is 6.08 Å². The topological polar surface area (TPSA) is 96.2 Å². The standard InChI is InChI=1S/C24H44O6/c1-2-3-4-5-6-7-8-9-10-11-12-13-14-15-16-17-22(27)29-19-21(26)24-23(28)20(25)18-30-24/h16-17,20-21,23-26,28H,2-15,18-19H2,1H3/t20-,21?,23+,24+/m0/s1. The molecule has 1 unspecified atom stereocenters. The Balaban J connectivity index is 1.89. The van der Waals surface area contributed by atoms with Crippen LogP contribution in [0.3, 0.4) is 0 Å². The molecule has 6 nitrogen and oxygen atoms in total. The first-order valence-electron chi connectivity index (χ1n) is 12.0. The molecule has 1 aliphatic heterocycles. The van der Waals surface area contributed by atoms with Crippen LogP contribution in [0.4, 0.5) is 0 Å². The molecule has 0 amide bonds. The molecule has 0 aliphatic carbocycles. The van der Waals surface area contributed by atoms with Crippen LogP contribution in [0.1, 0.15) is 96.8 Å². The molecule has 0 saturated carbocycles. The number of allylic oxidation sites excluding steroid dienone is 1. The molecule has 3 N–H and O–H groups in total. The molecule has 0 aromatic carbocycles. The van der Waals surface area contributed by atoms with E-state index in [0.29, 0.717) is 0 Å². The summed E-state index contributed by atoms with van der Waals surface area (Å²) in [7, 11) is 0. The molecule has 1 aliphatic rings. The largest absolute Gasteiger partial charge is 0.460 e. The highest BCUT2D eigenvalue weighted by Crippen LogP contribution is 2.18. The van der Waals surface area contributed by atoms with Gasteiger partial charge in [0.1, 0.15) is 31.0 Å². The second kappa shape index (κ2) is 17.7. The van der Waals surface area contributed by atoms with Crippen molar-refractivity contribution in [2.24, 2.45) is 0 Å². The number of aliphatic hydroxyl groups is 3.